The second kappa shape index (κ2) is 7.53. The van der Waals surface area contributed by atoms with Crippen LogP contribution in [-0.4, -0.2) is 35.2 Å². The molecule has 0 spiro atoms. The van der Waals surface area contributed by atoms with E-state index in [9.17, 15) is 4.79 Å². The number of nitrogens with zero attached hydrogens (tertiary/aromatic N) is 3. The third-order valence-corrected chi connectivity index (χ3v) is 4.93. The van der Waals surface area contributed by atoms with Gasteiger partial charge in [0.2, 0.25) is 5.91 Å². The second-order valence-corrected chi connectivity index (χ2v) is 7.22. The summed E-state index contributed by atoms with van der Waals surface area (Å²) in [5.74, 6) is -0.0507. The second-order valence-electron chi connectivity index (χ2n) is 5.89. The molecule has 3 aromatic rings. The number of anilines is 2. The van der Waals surface area contributed by atoms with Crippen molar-refractivity contribution in [2.45, 2.75) is 17.2 Å². The largest absolute Gasteiger partial charge is 0.378 e. The normalized spacial score (nSPS) is 12.0. The molecule has 0 aliphatic carbocycles. The number of benzene rings is 2. The van der Waals surface area contributed by atoms with Gasteiger partial charge < -0.3 is 10.2 Å². The van der Waals surface area contributed by atoms with Crippen molar-refractivity contribution in [3.05, 3.63) is 54.9 Å². The first-order valence-corrected chi connectivity index (χ1v) is 8.87. The lowest BCUT2D eigenvalue weighted by molar-refractivity contribution is -0.115. The number of thioether (sulfide) groups is 1. The Morgan fingerprint density at radius 2 is 1.80 bits per heavy atom. The van der Waals surface area contributed by atoms with Gasteiger partial charge in [-0.1, -0.05) is 30.0 Å². The van der Waals surface area contributed by atoms with Gasteiger partial charge in [0.25, 0.3) is 0 Å². The van der Waals surface area contributed by atoms with Gasteiger partial charge in [-0.15, -0.1) is 0 Å². The molecule has 0 saturated carbocycles. The predicted molar refractivity (Wildman–Crippen MR) is 104 cm³/mol. The fraction of sp³-hybridized carbons (Fsp3) is 0.211. The molecule has 1 atom stereocenters. The van der Waals surface area contributed by atoms with E-state index in [1.54, 1.807) is 0 Å². The predicted octanol–water partition coefficient (Wildman–Crippen LogP) is 3.82. The number of fused-ring (bicyclic) bond motifs is 1. The number of amides is 1. The molecular formula is C19H20N4OS. The fourth-order valence-corrected chi connectivity index (χ4v) is 3.29. The van der Waals surface area contributed by atoms with Crippen LogP contribution in [0, 0.1) is 0 Å². The van der Waals surface area contributed by atoms with Crippen LogP contribution in [0.4, 0.5) is 11.4 Å². The highest BCUT2D eigenvalue weighted by Gasteiger charge is 2.17. The van der Waals surface area contributed by atoms with Gasteiger partial charge in [0.05, 0.1) is 10.8 Å². The van der Waals surface area contributed by atoms with Gasteiger partial charge in [0.15, 0.2) is 0 Å². The maximum absolute atomic E-state index is 12.5. The van der Waals surface area contributed by atoms with Crippen LogP contribution in [0.2, 0.25) is 0 Å². The number of nitrogens with one attached hydrogen (secondary N) is 1. The third kappa shape index (κ3) is 4.09. The summed E-state index contributed by atoms with van der Waals surface area (Å²) in [4.78, 5) is 23.1. The van der Waals surface area contributed by atoms with Crippen LogP contribution >= 0.6 is 11.8 Å². The van der Waals surface area contributed by atoms with Gasteiger partial charge in [-0.2, -0.15) is 0 Å². The van der Waals surface area contributed by atoms with Crippen molar-refractivity contribution in [3.63, 3.8) is 0 Å². The van der Waals surface area contributed by atoms with Gasteiger partial charge in [-0.05, 0) is 37.3 Å². The van der Waals surface area contributed by atoms with Crippen molar-refractivity contribution in [2.24, 2.45) is 0 Å². The lowest BCUT2D eigenvalue weighted by atomic mass is 10.2. The minimum Gasteiger partial charge on any atom is -0.378 e. The third-order valence-electron chi connectivity index (χ3n) is 3.82. The Morgan fingerprint density at radius 3 is 2.52 bits per heavy atom. The molecule has 1 N–H and O–H groups in total. The van der Waals surface area contributed by atoms with E-state index in [1.807, 2.05) is 74.4 Å². The molecule has 0 fully saturated rings. The first-order valence-electron chi connectivity index (χ1n) is 7.99. The Labute approximate surface area is 151 Å². The molecule has 5 nitrogen and oxygen atoms in total. The van der Waals surface area contributed by atoms with Crippen LogP contribution in [0.3, 0.4) is 0 Å². The van der Waals surface area contributed by atoms with E-state index in [-0.39, 0.29) is 11.2 Å². The minimum absolute atomic E-state index is 0.0507. The Kier molecular flexibility index (Phi) is 5.19. The number of para-hydroxylation sites is 1. The molecule has 2 aromatic carbocycles. The fourth-order valence-electron chi connectivity index (χ4n) is 2.38. The zero-order chi connectivity index (χ0) is 17.8. The summed E-state index contributed by atoms with van der Waals surface area (Å²) in [5, 5.41) is 4.46. The molecule has 0 bridgehead atoms. The monoisotopic (exact) mass is 352 g/mol. The van der Waals surface area contributed by atoms with Crippen LogP contribution < -0.4 is 10.2 Å². The zero-order valence-electron chi connectivity index (χ0n) is 14.4. The summed E-state index contributed by atoms with van der Waals surface area (Å²) in [7, 11) is 3.97. The van der Waals surface area contributed by atoms with E-state index >= 15 is 0 Å². The quantitative estimate of drug-likeness (QED) is 0.559. The minimum atomic E-state index is -0.271. The number of carbonyl (C=O) groups excluding carboxylic acids is 1. The molecule has 0 aliphatic heterocycles. The first kappa shape index (κ1) is 17.2. The molecule has 25 heavy (non-hydrogen) atoms. The Hall–Kier alpha value is -2.60. The van der Waals surface area contributed by atoms with Crippen molar-refractivity contribution < 1.29 is 4.79 Å². The summed E-state index contributed by atoms with van der Waals surface area (Å²) in [6.07, 6.45) is 1.54. The molecule has 0 radical (unpaired) electrons. The van der Waals surface area contributed by atoms with E-state index in [2.05, 4.69) is 15.3 Å². The molecule has 6 heteroatoms. The SMILES string of the molecule is CC(Sc1ncnc2ccccc12)C(=O)Nc1ccc(N(C)C)cc1. The number of aromatic nitrogens is 2. The topological polar surface area (TPSA) is 58.1 Å². The Balaban J connectivity index is 1.70. The summed E-state index contributed by atoms with van der Waals surface area (Å²) in [6.45, 7) is 1.88. The van der Waals surface area contributed by atoms with Gasteiger partial charge >= 0.3 is 0 Å². The van der Waals surface area contributed by atoms with Crippen LogP contribution in [-0.2, 0) is 4.79 Å². The van der Waals surface area contributed by atoms with Crippen molar-refractivity contribution in [1.82, 2.24) is 9.97 Å². The van der Waals surface area contributed by atoms with E-state index in [0.29, 0.717) is 0 Å². The number of carbonyl (C=O) groups is 1. The van der Waals surface area contributed by atoms with Gasteiger partial charge in [-0.25, -0.2) is 9.97 Å². The van der Waals surface area contributed by atoms with E-state index < -0.39 is 0 Å². The molecule has 1 unspecified atom stereocenters. The highest BCUT2D eigenvalue weighted by atomic mass is 32.2. The smallest absolute Gasteiger partial charge is 0.237 e. The highest BCUT2D eigenvalue weighted by molar-refractivity contribution is 8.00. The molecule has 1 amide bonds. The van der Waals surface area contributed by atoms with Crippen LogP contribution in [0.25, 0.3) is 10.9 Å². The van der Waals surface area contributed by atoms with E-state index in [4.69, 9.17) is 0 Å². The van der Waals surface area contributed by atoms with Crippen LogP contribution in [0.1, 0.15) is 6.92 Å². The lowest BCUT2D eigenvalue weighted by Crippen LogP contribution is -2.22. The lowest BCUT2D eigenvalue weighted by Gasteiger charge is -2.15. The van der Waals surface area contributed by atoms with Crippen molar-refractivity contribution in [2.75, 3.05) is 24.3 Å². The zero-order valence-corrected chi connectivity index (χ0v) is 15.2. The van der Waals surface area contributed by atoms with Crippen molar-refractivity contribution >= 4 is 39.9 Å². The molecule has 0 aliphatic rings. The van der Waals surface area contributed by atoms with Crippen LogP contribution in [0.15, 0.2) is 59.9 Å². The molecule has 1 aromatic heterocycles. The molecule has 0 saturated heterocycles. The van der Waals surface area contributed by atoms with Gasteiger partial charge in [-0.3, -0.25) is 4.79 Å². The molecule has 3 rings (SSSR count). The maximum Gasteiger partial charge on any atom is 0.237 e. The standard InChI is InChI=1S/C19H20N4OS/c1-13(18(24)22-14-8-10-15(11-9-14)23(2)3)25-19-16-6-4-5-7-17(16)20-12-21-19/h4-13H,1-3H3,(H,22,24). The molecule has 128 valence electrons. The first-order chi connectivity index (χ1) is 12.0. The summed E-state index contributed by atoms with van der Waals surface area (Å²) in [5.41, 5.74) is 2.76. The molecular weight excluding hydrogens is 332 g/mol. The van der Waals surface area contributed by atoms with E-state index in [0.717, 1.165) is 27.3 Å². The van der Waals surface area contributed by atoms with Gasteiger partial charge in [0, 0.05) is 30.9 Å². The van der Waals surface area contributed by atoms with E-state index in [1.165, 1.54) is 18.1 Å². The number of rotatable bonds is 5. The van der Waals surface area contributed by atoms with Gasteiger partial charge in [0.1, 0.15) is 11.4 Å². The highest BCUT2D eigenvalue weighted by Crippen LogP contribution is 2.28. The average Bonchev–Trinajstić information content (AvgIpc) is 2.62. The summed E-state index contributed by atoms with van der Waals surface area (Å²) < 4.78 is 0. The van der Waals surface area contributed by atoms with Crippen LogP contribution in [0.5, 0.6) is 0 Å². The Morgan fingerprint density at radius 1 is 1.08 bits per heavy atom. The number of hydrogen-bond acceptors (Lipinski definition) is 5. The summed E-state index contributed by atoms with van der Waals surface area (Å²) >= 11 is 1.44. The number of hydrogen-bond donors (Lipinski definition) is 1. The Bertz CT molecular complexity index is 875. The average molecular weight is 352 g/mol. The summed E-state index contributed by atoms with van der Waals surface area (Å²) in [6, 6.07) is 15.6. The van der Waals surface area contributed by atoms with Crippen molar-refractivity contribution in [1.29, 1.82) is 0 Å². The van der Waals surface area contributed by atoms with Crippen molar-refractivity contribution in [3.8, 4) is 0 Å². The molecule has 1 heterocycles. The maximum atomic E-state index is 12.5.